The predicted octanol–water partition coefficient (Wildman–Crippen LogP) is 3.52. The van der Waals surface area contributed by atoms with Gasteiger partial charge in [0.25, 0.3) is 5.91 Å². The second-order valence-electron chi connectivity index (χ2n) is 5.71. The zero-order valence-corrected chi connectivity index (χ0v) is 14.8. The molecule has 0 bridgehead atoms. The molecule has 0 unspecified atom stereocenters. The van der Waals surface area contributed by atoms with Crippen molar-refractivity contribution in [2.45, 2.75) is 17.7 Å². The van der Waals surface area contributed by atoms with Gasteiger partial charge in [-0.25, -0.2) is 12.8 Å². The number of hydrogen-bond acceptors (Lipinski definition) is 3. The molecule has 1 aliphatic rings. The summed E-state index contributed by atoms with van der Waals surface area (Å²) in [7, 11) is -3.70. The van der Waals surface area contributed by atoms with Crippen LogP contribution in [0.5, 0.6) is 0 Å². The lowest BCUT2D eigenvalue weighted by atomic mass is 10.2. The second kappa shape index (κ2) is 7.11. The van der Waals surface area contributed by atoms with Crippen LogP contribution in [0.2, 0.25) is 5.02 Å². The van der Waals surface area contributed by atoms with E-state index in [9.17, 15) is 17.6 Å². The van der Waals surface area contributed by atoms with Crippen LogP contribution in [0.25, 0.3) is 0 Å². The maximum absolute atomic E-state index is 14.3. The number of nitrogens with one attached hydrogen (secondary N) is 1. The summed E-state index contributed by atoms with van der Waals surface area (Å²) in [5, 5.41) is 2.91. The molecule has 0 aromatic heterocycles. The van der Waals surface area contributed by atoms with Gasteiger partial charge in [-0.1, -0.05) is 11.6 Å². The largest absolute Gasteiger partial charge is 0.319 e. The van der Waals surface area contributed by atoms with Crippen molar-refractivity contribution < 1.29 is 17.6 Å². The third-order valence-corrected chi connectivity index (χ3v) is 6.14. The zero-order chi connectivity index (χ0) is 18.0. The highest BCUT2D eigenvalue weighted by Gasteiger charge is 2.27. The number of hydrogen-bond donors (Lipinski definition) is 1. The number of anilines is 1. The minimum absolute atomic E-state index is 0.0830. The summed E-state index contributed by atoms with van der Waals surface area (Å²) in [5.41, 5.74) is 0.234. The van der Waals surface area contributed by atoms with Crippen molar-refractivity contribution in [3.63, 3.8) is 0 Å². The fourth-order valence-corrected chi connectivity index (χ4v) is 4.29. The Morgan fingerprint density at radius 1 is 1.08 bits per heavy atom. The van der Waals surface area contributed by atoms with E-state index in [0.717, 1.165) is 18.9 Å². The molecule has 0 saturated carbocycles. The van der Waals surface area contributed by atoms with Gasteiger partial charge in [-0.2, -0.15) is 4.31 Å². The molecule has 25 heavy (non-hydrogen) atoms. The molecule has 1 saturated heterocycles. The van der Waals surface area contributed by atoms with Crippen molar-refractivity contribution in [1.82, 2.24) is 4.31 Å². The van der Waals surface area contributed by atoms with Gasteiger partial charge in [0.1, 0.15) is 5.82 Å². The molecule has 1 N–H and O–H groups in total. The van der Waals surface area contributed by atoms with Gasteiger partial charge < -0.3 is 5.32 Å². The molecule has 2 aromatic carbocycles. The summed E-state index contributed by atoms with van der Waals surface area (Å²) in [6.07, 6.45) is 1.61. The average Bonchev–Trinajstić information content (AvgIpc) is 3.12. The Kier molecular flexibility index (Phi) is 5.08. The van der Waals surface area contributed by atoms with E-state index in [-0.39, 0.29) is 10.6 Å². The molecular weight excluding hydrogens is 367 g/mol. The first-order valence-corrected chi connectivity index (χ1v) is 9.56. The van der Waals surface area contributed by atoms with Crippen LogP contribution in [0.1, 0.15) is 23.2 Å². The number of amides is 1. The lowest BCUT2D eigenvalue weighted by Gasteiger charge is -2.16. The minimum atomic E-state index is -3.70. The van der Waals surface area contributed by atoms with E-state index in [1.165, 1.54) is 28.6 Å². The number of sulfonamides is 1. The molecule has 1 aliphatic heterocycles. The van der Waals surface area contributed by atoms with Gasteiger partial charge >= 0.3 is 0 Å². The number of carbonyl (C=O) groups excluding carboxylic acids is 1. The number of carbonyl (C=O) groups is 1. The van der Waals surface area contributed by atoms with Crippen molar-refractivity contribution in [3.05, 3.63) is 58.9 Å². The highest BCUT2D eigenvalue weighted by molar-refractivity contribution is 7.89. The number of benzene rings is 2. The highest BCUT2D eigenvalue weighted by Crippen LogP contribution is 2.25. The quantitative estimate of drug-likeness (QED) is 0.879. The molecule has 0 aliphatic carbocycles. The summed E-state index contributed by atoms with van der Waals surface area (Å²) < 4.78 is 40.5. The Labute approximate surface area is 150 Å². The van der Waals surface area contributed by atoms with E-state index in [1.54, 1.807) is 12.1 Å². The van der Waals surface area contributed by atoms with Gasteiger partial charge in [-0.15, -0.1) is 0 Å². The van der Waals surface area contributed by atoms with Gasteiger partial charge in [0.05, 0.1) is 10.6 Å². The SMILES string of the molecule is O=C(Nc1ccc(S(=O)(=O)N2CCCC2)cc1F)c1ccc(Cl)cc1. The van der Waals surface area contributed by atoms with Gasteiger partial charge in [0.2, 0.25) is 10.0 Å². The summed E-state index contributed by atoms with van der Waals surface area (Å²) >= 11 is 5.76. The Balaban J connectivity index is 1.80. The Bertz CT molecular complexity index is 895. The summed E-state index contributed by atoms with van der Waals surface area (Å²) in [4.78, 5) is 12.0. The average molecular weight is 383 g/mol. The van der Waals surface area contributed by atoms with Crippen LogP contribution in [-0.4, -0.2) is 31.7 Å². The maximum atomic E-state index is 14.3. The third-order valence-electron chi connectivity index (χ3n) is 4.00. The first-order chi connectivity index (χ1) is 11.9. The molecule has 1 amide bonds. The second-order valence-corrected chi connectivity index (χ2v) is 8.09. The van der Waals surface area contributed by atoms with Crippen LogP contribution in [0.4, 0.5) is 10.1 Å². The molecule has 1 heterocycles. The molecule has 132 valence electrons. The van der Waals surface area contributed by atoms with E-state index in [2.05, 4.69) is 5.32 Å². The lowest BCUT2D eigenvalue weighted by Crippen LogP contribution is -2.28. The number of rotatable bonds is 4. The number of halogens is 2. The van der Waals surface area contributed by atoms with Crippen molar-refractivity contribution >= 4 is 33.2 Å². The van der Waals surface area contributed by atoms with Crippen LogP contribution < -0.4 is 5.32 Å². The van der Waals surface area contributed by atoms with E-state index < -0.39 is 21.7 Å². The first kappa shape index (κ1) is 17.8. The normalized spacial score (nSPS) is 15.3. The lowest BCUT2D eigenvalue weighted by molar-refractivity contribution is 0.102. The molecule has 5 nitrogen and oxygen atoms in total. The van der Waals surface area contributed by atoms with E-state index in [1.807, 2.05) is 0 Å². The van der Waals surface area contributed by atoms with Crippen LogP contribution in [0.3, 0.4) is 0 Å². The predicted molar refractivity (Wildman–Crippen MR) is 93.8 cm³/mol. The molecule has 1 fully saturated rings. The number of nitrogens with zero attached hydrogens (tertiary/aromatic N) is 1. The van der Waals surface area contributed by atoms with Crippen molar-refractivity contribution in [1.29, 1.82) is 0 Å². The van der Waals surface area contributed by atoms with Crippen LogP contribution >= 0.6 is 11.6 Å². The molecule has 8 heteroatoms. The van der Waals surface area contributed by atoms with E-state index in [4.69, 9.17) is 11.6 Å². The van der Waals surface area contributed by atoms with Crippen LogP contribution in [0, 0.1) is 5.82 Å². The van der Waals surface area contributed by atoms with Gasteiger partial charge in [-0.05, 0) is 55.3 Å². The third kappa shape index (κ3) is 3.84. The first-order valence-electron chi connectivity index (χ1n) is 7.74. The van der Waals surface area contributed by atoms with Crippen LogP contribution in [0.15, 0.2) is 47.4 Å². The Morgan fingerprint density at radius 2 is 1.72 bits per heavy atom. The fraction of sp³-hybridized carbons (Fsp3) is 0.235. The molecule has 0 radical (unpaired) electrons. The van der Waals surface area contributed by atoms with Gasteiger partial charge in [0, 0.05) is 23.7 Å². The molecule has 3 rings (SSSR count). The van der Waals surface area contributed by atoms with Gasteiger partial charge in [0.15, 0.2) is 0 Å². The summed E-state index contributed by atoms with van der Waals surface area (Å²) in [6, 6.07) is 9.63. The fourth-order valence-electron chi connectivity index (χ4n) is 2.63. The van der Waals surface area contributed by atoms with Crippen LogP contribution in [-0.2, 0) is 10.0 Å². The maximum Gasteiger partial charge on any atom is 0.255 e. The minimum Gasteiger partial charge on any atom is -0.319 e. The Morgan fingerprint density at radius 3 is 2.32 bits per heavy atom. The molecule has 0 spiro atoms. The smallest absolute Gasteiger partial charge is 0.255 e. The molecule has 0 atom stereocenters. The Hall–Kier alpha value is -1.96. The van der Waals surface area contributed by atoms with E-state index >= 15 is 0 Å². The molecule has 2 aromatic rings. The summed E-state index contributed by atoms with van der Waals surface area (Å²) in [6.45, 7) is 0.887. The van der Waals surface area contributed by atoms with Gasteiger partial charge in [-0.3, -0.25) is 4.79 Å². The van der Waals surface area contributed by atoms with Crippen molar-refractivity contribution in [3.8, 4) is 0 Å². The monoisotopic (exact) mass is 382 g/mol. The summed E-state index contributed by atoms with van der Waals surface area (Å²) in [5.74, 6) is -1.31. The highest BCUT2D eigenvalue weighted by atomic mass is 35.5. The zero-order valence-electron chi connectivity index (χ0n) is 13.2. The van der Waals surface area contributed by atoms with Crippen molar-refractivity contribution in [2.24, 2.45) is 0 Å². The standard InChI is InChI=1S/C17H16ClFN2O3S/c18-13-5-3-12(4-6-13)17(22)20-16-8-7-14(11-15(16)19)25(23,24)21-9-1-2-10-21/h3-8,11H,1-2,9-10H2,(H,20,22). The molecular formula is C17H16ClFN2O3S. The van der Waals surface area contributed by atoms with Crippen molar-refractivity contribution in [2.75, 3.05) is 18.4 Å². The van der Waals surface area contributed by atoms with E-state index in [0.29, 0.717) is 23.7 Å². The topological polar surface area (TPSA) is 66.5 Å².